The Hall–Kier alpha value is -2.85. The van der Waals surface area contributed by atoms with Crippen molar-refractivity contribution < 1.29 is 27.2 Å². The van der Waals surface area contributed by atoms with Gasteiger partial charge in [-0.3, -0.25) is 20.4 Å². The van der Waals surface area contributed by atoms with Crippen molar-refractivity contribution >= 4 is 21.8 Å². The van der Waals surface area contributed by atoms with Gasteiger partial charge in [0.25, 0.3) is 15.9 Å². The van der Waals surface area contributed by atoms with Crippen LogP contribution in [0.1, 0.15) is 43.8 Å². The summed E-state index contributed by atoms with van der Waals surface area (Å²) in [5.41, 5.74) is 4.58. The van der Waals surface area contributed by atoms with E-state index in [1.807, 2.05) is 19.1 Å². The molecule has 0 saturated heterocycles. The third-order valence-corrected chi connectivity index (χ3v) is 5.17. The molecule has 0 aliphatic heterocycles. The Bertz CT molecular complexity index is 976. The highest BCUT2D eigenvalue weighted by Crippen LogP contribution is 2.18. The van der Waals surface area contributed by atoms with E-state index in [0.717, 1.165) is 18.1 Å². The van der Waals surface area contributed by atoms with Crippen LogP contribution >= 0.6 is 0 Å². The minimum absolute atomic E-state index is 0.267. The van der Waals surface area contributed by atoms with Crippen LogP contribution in [-0.2, 0) is 21.2 Å². The van der Waals surface area contributed by atoms with Gasteiger partial charge in [0.2, 0.25) is 5.09 Å². The van der Waals surface area contributed by atoms with Crippen molar-refractivity contribution in [3.8, 4) is 5.75 Å². The lowest BCUT2D eigenvalue weighted by molar-refractivity contribution is -0.123. The average molecular weight is 423 g/mol. The summed E-state index contributed by atoms with van der Waals surface area (Å²) in [5.74, 6) is -1.07. The summed E-state index contributed by atoms with van der Waals surface area (Å²) >= 11 is 0. The fourth-order valence-electron chi connectivity index (χ4n) is 2.34. The Balaban J connectivity index is 1.89. The number of benzene rings is 1. The summed E-state index contributed by atoms with van der Waals surface area (Å²) < 4.78 is 37.4. The highest BCUT2D eigenvalue weighted by molar-refractivity contribution is 7.89. The van der Waals surface area contributed by atoms with Gasteiger partial charge >= 0.3 is 5.91 Å². The van der Waals surface area contributed by atoms with E-state index in [4.69, 9.17) is 9.15 Å². The van der Waals surface area contributed by atoms with Crippen molar-refractivity contribution in [2.75, 3.05) is 6.61 Å². The second kappa shape index (κ2) is 9.10. The van der Waals surface area contributed by atoms with Gasteiger partial charge < -0.3 is 9.15 Å². The third kappa shape index (κ3) is 6.61. The van der Waals surface area contributed by atoms with Crippen LogP contribution in [-0.4, -0.2) is 32.4 Å². The molecule has 0 spiro atoms. The number of nitrogens with one attached hydrogen (secondary N) is 3. The van der Waals surface area contributed by atoms with Crippen molar-refractivity contribution in [3.05, 3.63) is 47.7 Å². The Morgan fingerprint density at radius 2 is 1.76 bits per heavy atom. The maximum atomic E-state index is 12.2. The SMILES string of the molecule is CCc1ccccc1OCC(=O)NNC(=O)c1ccc(S(=O)(=O)NC(C)(C)C)o1. The Morgan fingerprint density at radius 1 is 1.07 bits per heavy atom. The smallest absolute Gasteiger partial charge is 0.305 e. The van der Waals surface area contributed by atoms with Gasteiger partial charge in [-0.1, -0.05) is 25.1 Å². The highest BCUT2D eigenvalue weighted by atomic mass is 32.2. The van der Waals surface area contributed by atoms with Gasteiger partial charge in [0.05, 0.1) is 0 Å². The number of hydrogen-bond donors (Lipinski definition) is 3. The Morgan fingerprint density at radius 3 is 2.41 bits per heavy atom. The molecule has 1 heterocycles. The molecule has 0 saturated carbocycles. The number of furan rings is 1. The fraction of sp³-hybridized carbons (Fsp3) is 0.368. The number of para-hydroxylation sites is 1. The molecule has 0 aliphatic carbocycles. The quantitative estimate of drug-likeness (QED) is 0.583. The molecule has 1 aromatic heterocycles. The molecule has 1 aromatic carbocycles. The predicted octanol–water partition coefficient (Wildman–Crippen LogP) is 1.76. The molecule has 0 aliphatic rings. The van der Waals surface area contributed by atoms with Gasteiger partial charge in [-0.05, 0) is 51.0 Å². The summed E-state index contributed by atoms with van der Waals surface area (Å²) in [6.07, 6.45) is 0.752. The van der Waals surface area contributed by atoms with Gasteiger partial charge in [0.15, 0.2) is 12.4 Å². The van der Waals surface area contributed by atoms with Crippen LogP contribution in [0.15, 0.2) is 45.9 Å². The van der Waals surface area contributed by atoms with Crippen LogP contribution in [0.5, 0.6) is 5.75 Å². The van der Waals surface area contributed by atoms with E-state index < -0.39 is 32.5 Å². The maximum Gasteiger partial charge on any atom is 0.305 e. The van der Waals surface area contributed by atoms with Crippen molar-refractivity contribution in [3.63, 3.8) is 0 Å². The zero-order valence-corrected chi connectivity index (χ0v) is 17.6. The molecular weight excluding hydrogens is 398 g/mol. The zero-order chi connectivity index (χ0) is 21.7. The van der Waals surface area contributed by atoms with Crippen molar-refractivity contribution in [1.82, 2.24) is 15.6 Å². The van der Waals surface area contributed by atoms with Crippen molar-refractivity contribution in [2.45, 2.75) is 44.7 Å². The lowest BCUT2D eigenvalue weighted by Crippen LogP contribution is -2.43. The van der Waals surface area contributed by atoms with Crippen LogP contribution in [0.25, 0.3) is 0 Å². The lowest BCUT2D eigenvalue weighted by atomic mass is 10.1. The van der Waals surface area contributed by atoms with E-state index in [0.29, 0.717) is 5.75 Å². The number of ether oxygens (including phenoxy) is 1. The number of carbonyl (C=O) groups is 2. The average Bonchev–Trinajstić information content (AvgIpc) is 3.14. The largest absolute Gasteiger partial charge is 0.483 e. The van der Waals surface area contributed by atoms with Gasteiger partial charge in [-0.15, -0.1) is 0 Å². The lowest BCUT2D eigenvalue weighted by Gasteiger charge is -2.18. The Labute approximate surface area is 169 Å². The van der Waals surface area contributed by atoms with Crippen molar-refractivity contribution in [2.24, 2.45) is 0 Å². The second-order valence-corrected chi connectivity index (χ2v) is 8.84. The first kappa shape index (κ1) is 22.4. The van der Waals surface area contributed by atoms with Crippen LogP contribution in [0.4, 0.5) is 0 Å². The van der Waals surface area contributed by atoms with E-state index in [1.165, 1.54) is 6.07 Å². The zero-order valence-electron chi connectivity index (χ0n) is 16.7. The number of carbonyl (C=O) groups excluding carboxylic acids is 2. The third-order valence-electron chi connectivity index (χ3n) is 3.54. The van der Waals surface area contributed by atoms with E-state index in [2.05, 4.69) is 15.6 Å². The van der Waals surface area contributed by atoms with E-state index >= 15 is 0 Å². The van der Waals surface area contributed by atoms with Crippen LogP contribution < -0.4 is 20.3 Å². The standard InChI is InChI=1S/C19H25N3O6S/c1-5-13-8-6-7-9-14(13)27-12-16(23)20-21-18(24)15-10-11-17(28-15)29(25,26)22-19(2,3)4/h6-11,22H,5,12H2,1-4H3,(H,20,23)(H,21,24). The van der Waals surface area contributed by atoms with E-state index in [9.17, 15) is 18.0 Å². The molecule has 10 heteroatoms. The molecule has 9 nitrogen and oxygen atoms in total. The van der Waals surface area contributed by atoms with Crippen LogP contribution in [0.2, 0.25) is 0 Å². The topological polar surface area (TPSA) is 127 Å². The normalized spacial score (nSPS) is 11.7. The molecule has 2 rings (SSSR count). The summed E-state index contributed by atoms with van der Waals surface area (Å²) in [6.45, 7) is 6.70. The van der Waals surface area contributed by atoms with Gasteiger partial charge in [-0.2, -0.15) is 0 Å². The number of rotatable bonds is 7. The molecule has 3 N–H and O–H groups in total. The first-order chi connectivity index (χ1) is 13.5. The molecule has 158 valence electrons. The Kier molecular flexibility index (Phi) is 7.04. The molecule has 0 unspecified atom stereocenters. The molecule has 0 fully saturated rings. The second-order valence-electron chi connectivity index (χ2n) is 7.23. The minimum Gasteiger partial charge on any atom is -0.483 e. The molecule has 0 atom stereocenters. The maximum absolute atomic E-state index is 12.2. The predicted molar refractivity (Wildman–Crippen MR) is 106 cm³/mol. The summed E-state index contributed by atoms with van der Waals surface area (Å²) in [7, 11) is -3.91. The number of hydrogen-bond acceptors (Lipinski definition) is 6. The monoisotopic (exact) mass is 423 g/mol. The fourth-order valence-corrected chi connectivity index (χ4v) is 3.70. The van der Waals surface area contributed by atoms with E-state index in [-0.39, 0.29) is 12.4 Å². The van der Waals surface area contributed by atoms with Gasteiger partial charge in [0, 0.05) is 5.54 Å². The van der Waals surface area contributed by atoms with Gasteiger partial charge in [-0.25, -0.2) is 13.1 Å². The number of hydrazine groups is 1. The molecule has 0 radical (unpaired) electrons. The van der Waals surface area contributed by atoms with E-state index in [1.54, 1.807) is 32.9 Å². The first-order valence-corrected chi connectivity index (χ1v) is 10.4. The minimum atomic E-state index is -3.91. The molecule has 2 aromatic rings. The number of aryl methyl sites for hydroxylation is 1. The number of amides is 2. The highest BCUT2D eigenvalue weighted by Gasteiger charge is 2.26. The molecule has 29 heavy (non-hydrogen) atoms. The summed E-state index contributed by atoms with van der Waals surface area (Å²) in [6, 6.07) is 9.68. The van der Waals surface area contributed by atoms with Crippen LogP contribution in [0.3, 0.4) is 0 Å². The van der Waals surface area contributed by atoms with Crippen LogP contribution in [0, 0.1) is 0 Å². The number of sulfonamides is 1. The molecule has 2 amide bonds. The summed E-state index contributed by atoms with van der Waals surface area (Å²) in [4.78, 5) is 24.0. The van der Waals surface area contributed by atoms with Crippen molar-refractivity contribution in [1.29, 1.82) is 0 Å². The molecule has 0 bridgehead atoms. The summed E-state index contributed by atoms with van der Waals surface area (Å²) in [5, 5.41) is -0.400. The van der Waals surface area contributed by atoms with Gasteiger partial charge in [0.1, 0.15) is 5.75 Å². The first-order valence-electron chi connectivity index (χ1n) is 8.95. The molecular formula is C19H25N3O6S.